The molecule has 108 valence electrons. The largest absolute Gasteiger partial charge is 0.384 e. The summed E-state index contributed by atoms with van der Waals surface area (Å²) < 4.78 is 0.954. The molecule has 0 saturated carbocycles. The molecule has 0 radical (unpaired) electrons. The Bertz CT molecular complexity index is 654. The van der Waals surface area contributed by atoms with E-state index in [0.717, 1.165) is 35.2 Å². The van der Waals surface area contributed by atoms with Gasteiger partial charge in [-0.15, -0.1) is 0 Å². The fourth-order valence-electron chi connectivity index (χ4n) is 2.98. The lowest BCUT2D eigenvalue weighted by Gasteiger charge is -2.22. The highest BCUT2D eigenvalue weighted by Gasteiger charge is 2.25. The van der Waals surface area contributed by atoms with Crippen molar-refractivity contribution < 1.29 is 0 Å². The van der Waals surface area contributed by atoms with Crippen LogP contribution in [-0.2, 0) is 0 Å². The fourth-order valence-corrected chi connectivity index (χ4v) is 3.34. The van der Waals surface area contributed by atoms with Crippen molar-refractivity contribution in [2.24, 2.45) is 5.73 Å². The Morgan fingerprint density at radius 3 is 2.67 bits per heavy atom. The van der Waals surface area contributed by atoms with E-state index in [1.807, 2.05) is 18.2 Å². The minimum absolute atomic E-state index is 0.120. The summed E-state index contributed by atoms with van der Waals surface area (Å²) in [6.07, 6.45) is 1.14. The molecule has 3 nitrogen and oxygen atoms in total. The number of hydrogen-bond donors (Lipinski definition) is 2. The van der Waals surface area contributed by atoms with Crippen LogP contribution >= 0.6 is 15.9 Å². The Labute approximate surface area is 133 Å². The number of amidine groups is 1. The van der Waals surface area contributed by atoms with Gasteiger partial charge < -0.3 is 10.6 Å². The molecule has 0 aliphatic carbocycles. The first-order chi connectivity index (χ1) is 10.1. The van der Waals surface area contributed by atoms with Gasteiger partial charge in [-0.05, 0) is 30.2 Å². The van der Waals surface area contributed by atoms with Gasteiger partial charge in [0.15, 0.2) is 0 Å². The molecular formula is C17H18BrN3. The van der Waals surface area contributed by atoms with E-state index in [4.69, 9.17) is 11.1 Å². The third kappa shape index (κ3) is 2.95. The summed E-state index contributed by atoms with van der Waals surface area (Å²) >= 11 is 3.45. The van der Waals surface area contributed by atoms with Crippen LogP contribution in [-0.4, -0.2) is 18.9 Å². The number of anilines is 1. The standard InChI is InChI=1S/C17H18BrN3/c18-14-6-7-16(15(10-14)17(19)20)21-9-8-13(11-21)12-4-2-1-3-5-12/h1-7,10,13H,8-9,11H2,(H3,19,20). The maximum atomic E-state index is 7.78. The second-order valence-electron chi connectivity index (χ2n) is 5.42. The van der Waals surface area contributed by atoms with Gasteiger partial charge in [-0.1, -0.05) is 46.3 Å². The molecule has 1 aliphatic heterocycles. The van der Waals surface area contributed by atoms with Gasteiger partial charge in [0.05, 0.1) is 0 Å². The van der Waals surface area contributed by atoms with Gasteiger partial charge in [0.2, 0.25) is 0 Å². The number of nitrogen functional groups attached to an aromatic ring is 1. The molecule has 1 saturated heterocycles. The second-order valence-corrected chi connectivity index (χ2v) is 6.33. The van der Waals surface area contributed by atoms with Crippen molar-refractivity contribution >= 4 is 27.5 Å². The van der Waals surface area contributed by atoms with Crippen molar-refractivity contribution in [2.75, 3.05) is 18.0 Å². The van der Waals surface area contributed by atoms with E-state index in [2.05, 4.69) is 51.2 Å². The molecule has 1 heterocycles. The lowest BCUT2D eigenvalue weighted by molar-refractivity contribution is 0.775. The van der Waals surface area contributed by atoms with E-state index in [1.165, 1.54) is 5.56 Å². The zero-order valence-corrected chi connectivity index (χ0v) is 13.3. The highest BCUT2D eigenvalue weighted by Crippen LogP contribution is 2.33. The summed E-state index contributed by atoms with van der Waals surface area (Å²) in [5.74, 6) is 0.670. The normalized spacial score (nSPS) is 18.0. The van der Waals surface area contributed by atoms with Gasteiger partial charge in [-0.3, -0.25) is 5.41 Å². The lowest BCUT2D eigenvalue weighted by atomic mass is 9.99. The quantitative estimate of drug-likeness (QED) is 0.659. The minimum atomic E-state index is 0.120. The SMILES string of the molecule is N=C(N)c1cc(Br)ccc1N1CCC(c2ccccc2)C1. The predicted molar refractivity (Wildman–Crippen MR) is 91.2 cm³/mol. The average molecular weight is 344 g/mol. The van der Waals surface area contributed by atoms with Gasteiger partial charge >= 0.3 is 0 Å². The van der Waals surface area contributed by atoms with Crippen molar-refractivity contribution in [1.82, 2.24) is 0 Å². The summed E-state index contributed by atoms with van der Waals surface area (Å²) in [4.78, 5) is 2.33. The second kappa shape index (κ2) is 5.90. The number of nitrogens with two attached hydrogens (primary N) is 1. The first kappa shape index (κ1) is 14.1. The van der Waals surface area contributed by atoms with E-state index in [0.29, 0.717) is 5.92 Å². The molecular weight excluding hydrogens is 326 g/mol. The van der Waals surface area contributed by atoms with Crippen molar-refractivity contribution in [1.29, 1.82) is 5.41 Å². The molecule has 1 aliphatic rings. The average Bonchev–Trinajstić information content (AvgIpc) is 2.97. The molecule has 0 aromatic heterocycles. The number of nitrogens with one attached hydrogen (secondary N) is 1. The molecule has 1 atom stereocenters. The third-order valence-electron chi connectivity index (χ3n) is 4.05. The maximum absolute atomic E-state index is 7.78. The zero-order chi connectivity index (χ0) is 14.8. The summed E-state index contributed by atoms with van der Waals surface area (Å²) in [6, 6.07) is 16.6. The van der Waals surface area contributed by atoms with Crippen LogP contribution in [0.2, 0.25) is 0 Å². The van der Waals surface area contributed by atoms with Crippen LogP contribution in [0.1, 0.15) is 23.5 Å². The molecule has 2 aromatic carbocycles. The molecule has 1 fully saturated rings. The van der Waals surface area contributed by atoms with Crippen LogP contribution < -0.4 is 10.6 Å². The summed E-state index contributed by atoms with van der Waals surface area (Å²) in [7, 11) is 0. The van der Waals surface area contributed by atoms with Gasteiger partial charge in [0, 0.05) is 34.7 Å². The predicted octanol–water partition coefficient (Wildman–Crippen LogP) is 3.73. The van der Waals surface area contributed by atoms with E-state index in [1.54, 1.807) is 0 Å². The molecule has 3 N–H and O–H groups in total. The van der Waals surface area contributed by atoms with Crippen LogP contribution in [0.15, 0.2) is 53.0 Å². The Morgan fingerprint density at radius 1 is 1.19 bits per heavy atom. The first-order valence-electron chi connectivity index (χ1n) is 7.09. The molecule has 0 spiro atoms. The van der Waals surface area contributed by atoms with Crippen molar-refractivity contribution in [2.45, 2.75) is 12.3 Å². The number of rotatable bonds is 3. The highest BCUT2D eigenvalue weighted by atomic mass is 79.9. The van der Waals surface area contributed by atoms with E-state index in [9.17, 15) is 0 Å². The molecule has 4 heteroatoms. The molecule has 2 aromatic rings. The fraction of sp³-hybridized carbons (Fsp3) is 0.235. The Balaban J connectivity index is 1.85. The minimum Gasteiger partial charge on any atom is -0.384 e. The van der Waals surface area contributed by atoms with E-state index >= 15 is 0 Å². The lowest BCUT2D eigenvalue weighted by Crippen LogP contribution is -2.24. The van der Waals surface area contributed by atoms with Gasteiger partial charge in [0.1, 0.15) is 5.84 Å². The Kier molecular flexibility index (Phi) is 3.97. The molecule has 0 bridgehead atoms. The highest BCUT2D eigenvalue weighted by molar-refractivity contribution is 9.10. The number of hydrogen-bond acceptors (Lipinski definition) is 2. The van der Waals surface area contributed by atoms with E-state index in [-0.39, 0.29) is 5.84 Å². The first-order valence-corrected chi connectivity index (χ1v) is 7.88. The summed E-state index contributed by atoms with van der Waals surface area (Å²) in [6.45, 7) is 1.98. The van der Waals surface area contributed by atoms with Crippen LogP contribution in [0.3, 0.4) is 0 Å². The smallest absolute Gasteiger partial charge is 0.124 e. The number of nitrogens with zero attached hydrogens (tertiary/aromatic N) is 1. The molecule has 1 unspecified atom stereocenters. The van der Waals surface area contributed by atoms with Crippen molar-refractivity contribution in [3.05, 3.63) is 64.1 Å². The third-order valence-corrected chi connectivity index (χ3v) is 4.54. The summed E-state index contributed by atoms with van der Waals surface area (Å²) in [5, 5.41) is 7.78. The monoisotopic (exact) mass is 343 g/mol. The van der Waals surface area contributed by atoms with Gasteiger partial charge in [-0.25, -0.2) is 0 Å². The topological polar surface area (TPSA) is 53.1 Å². The van der Waals surface area contributed by atoms with Crippen LogP contribution in [0, 0.1) is 5.41 Å². The van der Waals surface area contributed by atoms with Crippen LogP contribution in [0.4, 0.5) is 5.69 Å². The van der Waals surface area contributed by atoms with Gasteiger partial charge in [-0.2, -0.15) is 0 Å². The van der Waals surface area contributed by atoms with Crippen molar-refractivity contribution in [3.8, 4) is 0 Å². The van der Waals surface area contributed by atoms with Crippen LogP contribution in [0.5, 0.6) is 0 Å². The maximum Gasteiger partial charge on any atom is 0.124 e. The van der Waals surface area contributed by atoms with Gasteiger partial charge in [0.25, 0.3) is 0 Å². The molecule has 3 rings (SSSR count). The number of halogens is 1. The Morgan fingerprint density at radius 2 is 1.95 bits per heavy atom. The zero-order valence-electron chi connectivity index (χ0n) is 11.7. The van der Waals surface area contributed by atoms with Crippen LogP contribution in [0.25, 0.3) is 0 Å². The summed E-state index contributed by atoms with van der Waals surface area (Å²) in [5.41, 5.74) is 8.99. The van der Waals surface area contributed by atoms with E-state index < -0.39 is 0 Å². The molecule has 0 amide bonds. The van der Waals surface area contributed by atoms with Crippen molar-refractivity contribution in [3.63, 3.8) is 0 Å². The Hall–Kier alpha value is -1.81. The number of benzene rings is 2. The molecule has 21 heavy (non-hydrogen) atoms.